The number of ketones is 1. The van der Waals surface area contributed by atoms with Gasteiger partial charge < -0.3 is 15.0 Å². The van der Waals surface area contributed by atoms with Crippen LogP contribution in [0.1, 0.15) is 66.3 Å². The van der Waals surface area contributed by atoms with Crippen molar-refractivity contribution in [3.05, 3.63) is 23.5 Å². The van der Waals surface area contributed by atoms with Crippen molar-refractivity contribution in [3.63, 3.8) is 0 Å². The second-order valence-electron chi connectivity index (χ2n) is 8.18. The van der Waals surface area contributed by atoms with E-state index >= 15 is 0 Å². The monoisotopic (exact) mass is 344 g/mol. The maximum Gasteiger partial charge on any atom is 0.355 e. The number of carbonyl (C=O) groups excluding carboxylic acids is 3. The van der Waals surface area contributed by atoms with Crippen LogP contribution in [0.4, 0.5) is 0 Å². The second kappa shape index (κ2) is 6.00. The average molecular weight is 344 g/mol. The molecule has 0 atom stereocenters. The first-order valence-electron chi connectivity index (χ1n) is 9.10. The minimum atomic E-state index is -0.617. The Labute approximate surface area is 146 Å². The van der Waals surface area contributed by atoms with Crippen LogP contribution in [0.2, 0.25) is 0 Å². The van der Waals surface area contributed by atoms with E-state index in [1.165, 1.54) is 38.4 Å². The van der Waals surface area contributed by atoms with Gasteiger partial charge in [0.1, 0.15) is 5.69 Å². The molecule has 6 nitrogen and oxygen atoms in total. The fourth-order valence-electron chi connectivity index (χ4n) is 5.52. The summed E-state index contributed by atoms with van der Waals surface area (Å²) in [7, 11) is 0. The van der Waals surface area contributed by atoms with Crippen LogP contribution in [0.15, 0.2) is 12.3 Å². The summed E-state index contributed by atoms with van der Waals surface area (Å²) in [5.41, 5.74) is 0.532. The molecule has 4 saturated carbocycles. The molecular formula is C19H24N2O4. The highest BCUT2D eigenvalue weighted by Crippen LogP contribution is 2.55. The van der Waals surface area contributed by atoms with Crippen molar-refractivity contribution in [2.24, 2.45) is 17.8 Å². The number of H-pyrrole nitrogens is 1. The highest BCUT2D eigenvalue weighted by atomic mass is 16.5. The summed E-state index contributed by atoms with van der Waals surface area (Å²) in [4.78, 5) is 38.3. The Balaban J connectivity index is 1.32. The van der Waals surface area contributed by atoms with E-state index in [1.807, 2.05) is 0 Å². The highest BCUT2D eigenvalue weighted by molar-refractivity contribution is 5.97. The summed E-state index contributed by atoms with van der Waals surface area (Å²) < 4.78 is 5.10. The van der Waals surface area contributed by atoms with Gasteiger partial charge >= 0.3 is 5.97 Å². The first-order valence-corrected chi connectivity index (χ1v) is 9.10. The maximum atomic E-state index is 12.3. The van der Waals surface area contributed by atoms with E-state index in [2.05, 4.69) is 10.3 Å². The second-order valence-corrected chi connectivity index (χ2v) is 8.18. The Hall–Kier alpha value is -2.11. The molecule has 6 heteroatoms. The lowest BCUT2D eigenvalue weighted by Gasteiger charge is -2.56. The number of aromatic amines is 1. The fraction of sp³-hybridized carbons (Fsp3) is 0.632. The van der Waals surface area contributed by atoms with Crippen molar-refractivity contribution < 1.29 is 19.1 Å². The zero-order chi connectivity index (χ0) is 17.6. The molecule has 0 unspecified atom stereocenters. The van der Waals surface area contributed by atoms with E-state index in [0.717, 1.165) is 37.0 Å². The van der Waals surface area contributed by atoms with E-state index in [1.54, 1.807) is 0 Å². The molecule has 0 aromatic carbocycles. The molecule has 2 N–H and O–H groups in total. The van der Waals surface area contributed by atoms with Crippen molar-refractivity contribution in [1.29, 1.82) is 0 Å². The number of aromatic nitrogens is 1. The summed E-state index contributed by atoms with van der Waals surface area (Å²) in [6.07, 6.45) is 8.61. The van der Waals surface area contributed by atoms with Crippen LogP contribution in [0.3, 0.4) is 0 Å². The number of hydrogen-bond acceptors (Lipinski definition) is 4. The predicted molar refractivity (Wildman–Crippen MR) is 90.1 cm³/mol. The number of esters is 1. The Morgan fingerprint density at radius 3 is 2.28 bits per heavy atom. The molecular weight excluding hydrogens is 320 g/mol. The molecule has 0 saturated heterocycles. The third-order valence-electron chi connectivity index (χ3n) is 6.09. The summed E-state index contributed by atoms with van der Waals surface area (Å²) in [6, 6.07) is 1.45. The first-order chi connectivity index (χ1) is 11.9. The van der Waals surface area contributed by atoms with E-state index in [-0.39, 0.29) is 29.5 Å². The smallest absolute Gasteiger partial charge is 0.355 e. The van der Waals surface area contributed by atoms with Crippen LogP contribution in [0.25, 0.3) is 0 Å². The number of rotatable bonds is 5. The van der Waals surface area contributed by atoms with Crippen LogP contribution in [0, 0.1) is 17.8 Å². The summed E-state index contributed by atoms with van der Waals surface area (Å²) in [5, 5.41) is 3.17. The number of Topliss-reactive ketones (excluding diaryl/α,β-unsaturated/α-hetero) is 1. The first kappa shape index (κ1) is 16.4. The summed E-state index contributed by atoms with van der Waals surface area (Å²) in [6.45, 7) is 1.15. The molecule has 4 bridgehead atoms. The van der Waals surface area contributed by atoms with Gasteiger partial charge in [-0.25, -0.2) is 4.79 Å². The van der Waals surface area contributed by atoms with Gasteiger partial charge in [-0.3, -0.25) is 9.59 Å². The largest absolute Gasteiger partial charge is 0.451 e. The van der Waals surface area contributed by atoms with Gasteiger partial charge in [0.2, 0.25) is 0 Å². The van der Waals surface area contributed by atoms with E-state index in [0.29, 0.717) is 5.56 Å². The van der Waals surface area contributed by atoms with Gasteiger partial charge in [0, 0.05) is 17.3 Å². The number of nitrogens with one attached hydrogen (secondary N) is 2. The Morgan fingerprint density at radius 2 is 1.76 bits per heavy atom. The van der Waals surface area contributed by atoms with Crippen LogP contribution in [-0.2, 0) is 9.53 Å². The predicted octanol–water partition coefficient (Wildman–Crippen LogP) is 2.46. The molecule has 25 heavy (non-hydrogen) atoms. The highest BCUT2D eigenvalue weighted by Gasteiger charge is 2.51. The Bertz CT molecular complexity index is 685. The third-order valence-corrected chi connectivity index (χ3v) is 6.09. The number of ether oxygens (including phenoxy) is 1. The van der Waals surface area contributed by atoms with Crippen LogP contribution >= 0.6 is 0 Å². The van der Waals surface area contributed by atoms with Crippen molar-refractivity contribution in [3.8, 4) is 0 Å². The quantitative estimate of drug-likeness (QED) is 0.634. The standard InChI is InChI=1S/C19H24N2O4/c1-11(22)15-5-16(20-9-15)18(24)25-10-17(23)21-19-6-12-2-13(7-19)4-14(3-12)8-19/h5,9,12-14,20H,2-4,6-8,10H2,1H3,(H,21,23). The van der Waals surface area contributed by atoms with Gasteiger partial charge in [-0.05, 0) is 69.3 Å². The minimum absolute atomic E-state index is 0.0769. The summed E-state index contributed by atoms with van der Waals surface area (Å²) in [5.74, 6) is 1.27. The molecule has 1 amide bonds. The summed E-state index contributed by atoms with van der Waals surface area (Å²) >= 11 is 0. The molecule has 134 valence electrons. The number of amides is 1. The molecule has 4 aliphatic carbocycles. The van der Waals surface area contributed by atoms with Gasteiger partial charge in [0.15, 0.2) is 12.4 Å². The van der Waals surface area contributed by atoms with Crippen molar-refractivity contribution in [1.82, 2.24) is 10.3 Å². The lowest BCUT2D eigenvalue weighted by Crippen LogP contribution is -2.60. The molecule has 0 aliphatic heterocycles. The molecule has 5 rings (SSSR count). The van der Waals surface area contributed by atoms with Crippen LogP contribution < -0.4 is 5.32 Å². The van der Waals surface area contributed by atoms with Crippen molar-refractivity contribution in [2.45, 2.75) is 51.0 Å². The van der Waals surface area contributed by atoms with Gasteiger partial charge in [0.05, 0.1) is 0 Å². The zero-order valence-corrected chi connectivity index (χ0v) is 14.5. The van der Waals surface area contributed by atoms with Gasteiger partial charge in [-0.2, -0.15) is 0 Å². The Morgan fingerprint density at radius 1 is 1.16 bits per heavy atom. The van der Waals surface area contributed by atoms with Gasteiger partial charge in [0.25, 0.3) is 5.91 Å². The van der Waals surface area contributed by atoms with Gasteiger partial charge in [-0.1, -0.05) is 0 Å². The molecule has 1 aromatic heterocycles. The van der Waals surface area contributed by atoms with E-state index in [9.17, 15) is 14.4 Å². The molecule has 1 aromatic rings. The van der Waals surface area contributed by atoms with Crippen LogP contribution in [0.5, 0.6) is 0 Å². The average Bonchev–Trinajstić information content (AvgIpc) is 3.01. The maximum absolute atomic E-state index is 12.3. The molecule has 4 aliphatic rings. The van der Waals surface area contributed by atoms with Crippen LogP contribution in [-0.4, -0.2) is 34.8 Å². The molecule has 4 fully saturated rings. The lowest BCUT2D eigenvalue weighted by atomic mass is 9.53. The van der Waals surface area contributed by atoms with E-state index < -0.39 is 5.97 Å². The van der Waals surface area contributed by atoms with Crippen molar-refractivity contribution >= 4 is 17.7 Å². The Kier molecular flexibility index (Phi) is 3.93. The normalized spacial score (nSPS) is 32.4. The lowest BCUT2D eigenvalue weighted by molar-refractivity contribution is -0.130. The topological polar surface area (TPSA) is 88.3 Å². The molecule has 0 radical (unpaired) electrons. The van der Waals surface area contributed by atoms with E-state index in [4.69, 9.17) is 4.74 Å². The fourth-order valence-corrected chi connectivity index (χ4v) is 5.52. The number of hydrogen-bond donors (Lipinski definition) is 2. The van der Waals surface area contributed by atoms with Crippen molar-refractivity contribution in [2.75, 3.05) is 6.61 Å². The zero-order valence-electron chi connectivity index (χ0n) is 14.5. The molecule has 1 heterocycles. The van der Waals surface area contributed by atoms with Gasteiger partial charge in [-0.15, -0.1) is 0 Å². The number of carbonyl (C=O) groups is 3. The minimum Gasteiger partial charge on any atom is -0.451 e. The molecule has 0 spiro atoms. The third kappa shape index (κ3) is 3.22. The SMILES string of the molecule is CC(=O)c1c[nH]c(C(=O)OCC(=O)NC23CC4CC(CC(C4)C2)C3)c1.